The van der Waals surface area contributed by atoms with Gasteiger partial charge in [0.15, 0.2) is 0 Å². The van der Waals surface area contributed by atoms with Crippen LogP contribution in [0.5, 0.6) is 5.75 Å². The summed E-state index contributed by atoms with van der Waals surface area (Å²) in [6.45, 7) is 8.34. The summed E-state index contributed by atoms with van der Waals surface area (Å²) in [7, 11) is -1.92. The van der Waals surface area contributed by atoms with E-state index in [0.29, 0.717) is 11.9 Å². The maximum absolute atomic E-state index is 11.4. The fourth-order valence-corrected chi connectivity index (χ4v) is 3.12. The molecule has 0 aromatic heterocycles. The van der Waals surface area contributed by atoms with Gasteiger partial charge in [-0.05, 0) is 61.6 Å². The number of rotatable bonds is 5. The summed E-state index contributed by atoms with van der Waals surface area (Å²) in [5.41, 5.74) is 6.61. The van der Waals surface area contributed by atoms with Crippen molar-refractivity contribution in [3.05, 3.63) is 64.2 Å². The van der Waals surface area contributed by atoms with E-state index >= 15 is 0 Å². The van der Waals surface area contributed by atoms with Gasteiger partial charge in [-0.15, -0.1) is 0 Å². The molecule has 21 heavy (non-hydrogen) atoms. The van der Waals surface area contributed by atoms with Gasteiger partial charge in [0.2, 0.25) is 8.03 Å². The van der Waals surface area contributed by atoms with Crippen LogP contribution in [0.3, 0.4) is 0 Å². The van der Waals surface area contributed by atoms with Crippen LogP contribution >= 0.6 is 8.03 Å². The Labute approximate surface area is 128 Å². The lowest BCUT2D eigenvalue weighted by atomic mass is 9.94. The molecule has 0 aliphatic rings. The molecule has 0 bridgehead atoms. The third-order valence-electron chi connectivity index (χ3n) is 3.66. The van der Waals surface area contributed by atoms with E-state index in [2.05, 4.69) is 45.0 Å². The lowest BCUT2D eigenvalue weighted by molar-refractivity contribution is 0.506. The first-order chi connectivity index (χ1) is 9.99. The van der Waals surface area contributed by atoms with E-state index < -0.39 is 8.03 Å². The summed E-state index contributed by atoms with van der Waals surface area (Å²) in [5, 5.41) is 0. The van der Waals surface area contributed by atoms with Gasteiger partial charge in [0.1, 0.15) is 5.75 Å². The predicted molar refractivity (Wildman–Crippen MR) is 90.1 cm³/mol. The van der Waals surface area contributed by atoms with Gasteiger partial charge in [0, 0.05) is 6.16 Å². The van der Waals surface area contributed by atoms with Gasteiger partial charge in [-0.3, -0.25) is 4.57 Å². The zero-order valence-corrected chi connectivity index (χ0v) is 14.2. The van der Waals surface area contributed by atoms with Gasteiger partial charge in [0.25, 0.3) is 0 Å². The summed E-state index contributed by atoms with van der Waals surface area (Å²) < 4.78 is 16.8. The molecule has 0 saturated heterocycles. The molecule has 1 atom stereocenters. The second kappa shape index (κ2) is 6.95. The molecule has 0 N–H and O–H groups in total. The van der Waals surface area contributed by atoms with Crippen molar-refractivity contribution in [2.45, 2.75) is 34.1 Å². The zero-order chi connectivity index (χ0) is 15.4. The number of aryl methyl sites for hydroxylation is 3. The van der Waals surface area contributed by atoms with Gasteiger partial charge >= 0.3 is 0 Å². The van der Waals surface area contributed by atoms with Gasteiger partial charge in [-0.1, -0.05) is 36.8 Å². The van der Waals surface area contributed by atoms with Crippen LogP contribution in [0, 0.1) is 20.8 Å². The molecule has 0 amide bonds. The minimum Gasteiger partial charge on any atom is -0.445 e. The third-order valence-corrected chi connectivity index (χ3v) is 4.71. The van der Waals surface area contributed by atoms with Crippen molar-refractivity contribution in [1.82, 2.24) is 0 Å². The zero-order valence-electron chi connectivity index (χ0n) is 13.2. The number of benzene rings is 2. The normalized spacial score (nSPS) is 12.2. The van der Waals surface area contributed by atoms with Crippen LogP contribution in [0.15, 0.2) is 36.4 Å². The van der Waals surface area contributed by atoms with E-state index in [0.717, 1.165) is 6.42 Å². The summed E-state index contributed by atoms with van der Waals surface area (Å²) >= 11 is 0. The molecule has 2 nitrogen and oxygen atoms in total. The Bertz CT molecular complexity index is 622. The molecule has 0 saturated carbocycles. The monoisotopic (exact) mass is 302 g/mol. The molecule has 0 fully saturated rings. The molecule has 3 heteroatoms. The van der Waals surface area contributed by atoms with E-state index in [-0.39, 0.29) is 0 Å². The van der Waals surface area contributed by atoms with Crippen LogP contribution < -0.4 is 4.52 Å². The largest absolute Gasteiger partial charge is 0.445 e. The first-order valence-corrected chi connectivity index (χ1v) is 8.88. The molecular weight excluding hydrogens is 279 g/mol. The fraction of sp³-hybridized carbons (Fsp3) is 0.333. The summed E-state index contributed by atoms with van der Waals surface area (Å²) in [4.78, 5) is 0. The molecule has 0 aliphatic heterocycles. The predicted octanol–water partition coefficient (Wildman–Crippen LogP) is 5.08. The number of hydrogen-bond acceptors (Lipinski definition) is 2. The second-order valence-electron chi connectivity index (χ2n) is 5.53. The van der Waals surface area contributed by atoms with Crippen LogP contribution in [0.2, 0.25) is 0 Å². The van der Waals surface area contributed by atoms with Crippen molar-refractivity contribution >= 4 is 8.03 Å². The maximum atomic E-state index is 11.4. The van der Waals surface area contributed by atoms with E-state index in [4.69, 9.17) is 4.52 Å². The summed E-state index contributed by atoms with van der Waals surface area (Å²) in [5.74, 6) is 0.696. The Balaban J connectivity index is 2.16. The Morgan fingerprint density at radius 3 is 2.10 bits per heavy atom. The SMILES string of the molecule is CC[PH](=O)Oc1ccc(Cc2c(C)cc(C)cc2C)cc1. The topological polar surface area (TPSA) is 26.3 Å². The van der Waals surface area contributed by atoms with E-state index in [1.807, 2.05) is 19.1 Å². The summed E-state index contributed by atoms with van der Waals surface area (Å²) in [6, 6.07) is 12.4. The molecule has 0 radical (unpaired) electrons. The Morgan fingerprint density at radius 2 is 1.57 bits per heavy atom. The van der Waals surface area contributed by atoms with Gasteiger partial charge in [0.05, 0.1) is 0 Å². The highest BCUT2D eigenvalue weighted by atomic mass is 31.1. The standard InChI is InChI=1S/C18H23O2P/c1-5-21(19)20-17-8-6-16(7-9-17)12-18-14(3)10-13(2)11-15(18)4/h6-11,21H,5,12H2,1-4H3. The van der Waals surface area contributed by atoms with Crippen molar-refractivity contribution in [2.24, 2.45) is 0 Å². The van der Waals surface area contributed by atoms with Crippen molar-refractivity contribution in [1.29, 1.82) is 0 Å². The Morgan fingerprint density at radius 1 is 1.00 bits per heavy atom. The molecule has 0 spiro atoms. The van der Waals surface area contributed by atoms with E-state index in [9.17, 15) is 4.57 Å². The van der Waals surface area contributed by atoms with Gasteiger partial charge < -0.3 is 4.52 Å². The molecule has 0 aliphatic carbocycles. The summed E-state index contributed by atoms with van der Waals surface area (Å²) in [6.07, 6.45) is 1.50. The molecule has 1 unspecified atom stereocenters. The highest BCUT2D eigenvalue weighted by Crippen LogP contribution is 2.27. The first-order valence-electron chi connectivity index (χ1n) is 7.36. The first kappa shape index (κ1) is 15.9. The molecule has 2 aromatic carbocycles. The average molecular weight is 302 g/mol. The van der Waals surface area contributed by atoms with E-state index in [1.54, 1.807) is 0 Å². The third kappa shape index (κ3) is 4.22. The number of hydrogen-bond donors (Lipinski definition) is 0. The van der Waals surface area contributed by atoms with Crippen LogP contribution in [0.25, 0.3) is 0 Å². The second-order valence-corrected chi connectivity index (χ2v) is 7.18. The highest BCUT2D eigenvalue weighted by molar-refractivity contribution is 7.39. The Kier molecular flexibility index (Phi) is 5.25. The maximum Gasteiger partial charge on any atom is 0.236 e. The minimum atomic E-state index is -1.92. The molecular formula is C18H23O2P. The lowest BCUT2D eigenvalue weighted by Gasteiger charge is -2.12. The van der Waals surface area contributed by atoms with Crippen molar-refractivity contribution in [3.63, 3.8) is 0 Å². The van der Waals surface area contributed by atoms with Crippen molar-refractivity contribution < 1.29 is 9.09 Å². The van der Waals surface area contributed by atoms with Crippen molar-refractivity contribution in [3.8, 4) is 5.75 Å². The van der Waals surface area contributed by atoms with Gasteiger partial charge in [-0.2, -0.15) is 0 Å². The minimum absolute atomic E-state index is 0.578. The molecule has 0 heterocycles. The van der Waals surface area contributed by atoms with Crippen LogP contribution in [0.4, 0.5) is 0 Å². The highest BCUT2D eigenvalue weighted by Gasteiger charge is 2.06. The quantitative estimate of drug-likeness (QED) is 0.720. The Hall–Kier alpha value is -1.53. The molecule has 112 valence electrons. The van der Waals surface area contributed by atoms with Crippen LogP contribution in [-0.2, 0) is 11.0 Å². The molecule has 2 rings (SSSR count). The van der Waals surface area contributed by atoms with Crippen LogP contribution in [0.1, 0.15) is 34.7 Å². The average Bonchev–Trinajstić information content (AvgIpc) is 2.44. The van der Waals surface area contributed by atoms with E-state index in [1.165, 1.54) is 27.8 Å². The van der Waals surface area contributed by atoms with Crippen LogP contribution in [-0.4, -0.2) is 6.16 Å². The van der Waals surface area contributed by atoms with Crippen molar-refractivity contribution in [2.75, 3.05) is 6.16 Å². The van der Waals surface area contributed by atoms with Gasteiger partial charge in [-0.25, -0.2) is 0 Å². The fourth-order valence-electron chi connectivity index (χ4n) is 2.57. The molecule has 2 aromatic rings. The smallest absolute Gasteiger partial charge is 0.236 e. The lowest BCUT2D eigenvalue weighted by Crippen LogP contribution is -1.96.